The van der Waals surface area contributed by atoms with E-state index in [1.807, 2.05) is 30.3 Å². The molecule has 0 unspecified atom stereocenters. The number of para-hydroxylation sites is 1. The van der Waals surface area contributed by atoms with Crippen molar-refractivity contribution in [3.63, 3.8) is 0 Å². The van der Waals surface area contributed by atoms with Crippen LogP contribution in [0.15, 0.2) is 53.3 Å². The van der Waals surface area contributed by atoms with Crippen molar-refractivity contribution in [2.45, 2.75) is 38.6 Å². The Morgan fingerprint density at radius 2 is 1.77 bits per heavy atom. The number of nitrogens with zero attached hydrogens (tertiary/aromatic N) is 1. The molecule has 1 fully saturated rings. The van der Waals surface area contributed by atoms with E-state index in [2.05, 4.69) is 0 Å². The summed E-state index contributed by atoms with van der Waals surface area (Å²) in [5.41, 5.74) is -0.467. The number of benzene rings is 2. The number of pyridine rings is 1. The summed E-state index contributed by atoms with van der Waals surface area (Å²) in [6.45, 7) is 0.411. The van der Waals surface area contributed by atoms with E-state index in [0.29, 0.717) is 34.9 Å². The number of ketones is 1. The Bertz CT molecular complexity index is 1190. The monoisotopic (exact) mass is 421 g/mol. The number of hydrogen-bond donors (Lipinski definition) is 2. The summed E-state index contributed by atoms with van der Waals surface area (Å²) in [6.07, 6.45) is 2.30. The van der Waals surface area contributed by atoms with E-state index in [-0.39, 0.29) is 12.0 Å². The SMILES string of the molecule is O=C(O)CCC(=O)c1c(O)c2ccc(Oc3ccccc3)cc2n(CCC2CC2)c1=O. The van der Waals surface area contributed by atoms with Crippen LogP contribution in [-0.4, -0.2) is 26.5 Å². The van der Waals surface area contributed by atoms with Crippen LogP contribution in [0.3, 0.4) is 0 Å². The lowest BCUT2D eigenvalue weighted by molar-refractivity contribution is -0.136. The Balaban J connectivity index is 1.79. The van der Waals surface area contributed by atoms with Crippen molar-refractivity contribution in [1.82, 2.24) is 4.57 Å². The van der Waals surface area contributed by atoms with Crippen molar-refractivity contribution in [1.29, 1.82) is 0 Å². The fraction of sp³-hybridized carbons (Fsp3) is 0.292. The van der Waals surface area contributed by atoms with Crippen molar-refractivity contribution in [2.24, 2.45) is 5.92 Å². The number of aromatic nitrogens is 1. The normalized spacial score (nSPS) is 13.3. The maximum Gasteiger partial charge on any atom is 0.303 e. The van der Waals surface area contributed by atoms with E-state index in [1.54, 1.807) is 18.2 Å². The predicted molar refractivity (Wildman–Crippen MR) is 115 cm³/mol. The fourth-order valence-corrected chi connectivity index (χ4v) is 3.64. The number of carbonyl (C=O) groups is 2. The van der Waals surface area contributed by atoms with Crippen molar-refractivity contribution in [3.05, 3.63) is 64.4 Å². The van der Waals surface area contributed by atoms with Crippen LogP contribution in [0.2, 0.25) is 0 Å². The van der Waals surface area contributed by atoms with E-state index in [0.717, 1.165) is 19.3 Å². The molecular weight excluding hydrogens is 398 g/mol. The molecule has 0 aliphatic heterocycles. The Morgan fingerprint density at radius 3 is 2.45 bits per heavy atom. The number of carbonyl (C=O) groups excluding carboxylic acids is 1. The number of ether oxygens (including phenoxy) is 1. The Kier molecular flexibility index (Phi) is 5.75. The zero-order chi connectivity index (χ0) is 22.0. The van der Waals surface area contributed by atoms with Crippen LogP contribution in [0.25, 0.3) is 10.9 Å². The molecule has 7 nitrogen and oxygen atoms in total. The Hall–Kier alpha value is -3.61. The third kappa shape index (κ3) is 4.60. The van der Waals surface area contributed by atoms with Gasteiger partial charge in [-0.3, -0.25) is 14.4 Å². The molecule has 160 valence electrons. The van der Waals surface area contributed by atoms with Gasteiger partial charge in [0, 0.05) is 24.4 Å². The number of aryl methyl sites for hydroxylation is 1. The van der Waals surface area contributed by atoms with E-state index >= 15 is 0 Å². The molecule has 0 bridgehead atoms. The molecule has 4 rings (SSSR count). The van der Waals surface area contributed by atoms with Gasteiger partial charge in [-0.1, -0.05) is 31.0 Å². The molecule has 1 aliphatic rings. The molecule has 0 saturated heterocycles. The highest BCUT2D eigenvalue weighted by Crippen LogP contribution is 2.35. The quantitative estimate of drug-likeness (QED) is 0.498. The van der Waals surface area contributed by atoms with Crippen LogP contribution in [0, 0.1) is 5.92 Å². The largest absolute Gasteiger partial charge is 0.506 e. The second kappa shape index (κ2) is 8.63. The van der Waals surface area contributed by atoms with Gasteiger partial charge >= 0.3 is 5.97 Å². The van der Waals surface area contributed by atoms with Crippen LogP contribution < -0.4 is 10.3 Å². The van der Waals surface area contributed by atoms with Gasteiger partial charge in [0.2, 0.25) is 0 Å². The molecule has 1 aromatic heterocycles. The molecule has 7 heteroatoms. The number of rotatable bonds is 9. The minimum atomic E-state index is -1.13. The first kappa shape index (κ1) is 20.7. The number of aromatic hydroxyl groups is 1. The van der Waals surface area contributed by atoms with Gasteiger partial charge in [0.25, 0.3) is 5.56 Å². The molecule has 2 N–H and O–H groups in total. The molecule has 0 radical (unpaired) electrons. The van der Waals surface area contributed by atoms with E-state index in [1.165, 1.54) is 4.57 Å². The molecule has 3 aromatic rings. The zero-order valence-electron chi connectivity index (χ0n) is 16.9. The zero-order valence-corrected chi connectivity index (χ0v) is 16.9. The molecule has 2 aromatic carbocycles. The molecular formula is C24H23NO6. The molecule has 0 amide bonds. The third-order valence-corrected chi connectivity index (χ3v) is 5.49. The minimum Gasteiger partial charge on any atom is -0.506 e. The smallest absolute Gasteiger partial charge is 0.303 e. The topological polar surface area (TPSA) is 106 Å². The summed E-state index contributed by atoms with van der Waals surface area (Å²) in [5.74, 6) is -0.516. The van der Waals surface area contributed by atoms with Gasteiger partial charge in [0.1, 0.15) is 22.8 Å². The first-order valence-corrected chi connectivity index (χ1v) is 10.3. The second-order valence-electron chi connectivity index (χ2n) is 7.82. The summed E-state index contributed by atoms with van der Waals surface area (Å²) in [7, 11) is 0. The van der Waals surface area contributed by atoms with E-state index < -0.39 is 29.5 Å². The van der Waals surface area contributed by atoms with Gasteiger partial charge in [-0.15, -0.1) is 0 Å². The van der Waals surface area contributed by atoms with Crippen LogP contribution in [0.4, 0.5) is 0 Å². The van der Waals surface area contributed by atoms with Crippen molar-refractivity contribution in [2.75, 3.05) is 0 Å². The summed E-state index contributed by atoms with van der Waals surface area (Å²) in [5, 5.41) is 20.0. The highest BCUT2D eigenvalue weighted by atomic mass is 16.5. The summed E-state index contributed by atoms with van der Waals surface area (Å²) < 4.78 is 7.37. The van der Waals surface area contributed by atoms with Crippen LogP contribution in [-0.2, 0) is 11.3 Å². The van der Waals surface area contributed by atoms with Gasteiger partial charge in [-0.25, -0.2) is 0 Å². The van der Waals surface area contributed by atoms with Crippen molar-refractivity contribution in [3.8, 4) is 17.2 Å². The Labute approximate surface area is 178 Å². The second-order valence-corrected chi connectivity index (χ2v) is 7.82. The first-order valence-electron chi connectivity index (χ1n) is 10.3. The third-order valence-electron chi connectivity index (χ3n) is 5.49. The summed E-state index contributed by atoms with van der Waals surface area (Å²) in [4.78, 5) is 36.6. The molecule has 1 saturated carbocycles. The maximum absolute atomic E-state index is 13.2. The van der Waals surface area contributed by atoms with E-state index in [9.17, 15) is 19.5 Å². The van der Waals surface area contributed by atoms with Gasteiger partial charge in [-0.2, -0.15) is 0 Å². The molecule has 31 heavy (non-hydrogen) atoms. The maximum atomic E-state index is 13.2. The van der Waals surface area contributed by atoms with Crippen LogP contribution in [0.5, 0.6) is 17.2 Å². The fourth-order valence-electron chi connectivity index (χ4n) is 3.64. The van der Waals surface area contributed by atoms with Gasteiger partial charge in [-0.05, 0) is 36.6 Å². The highest BCUT2D eigenvalue weighted by molar-refractivity contribution is 6.04. The lowest BCUT2D eigenvalue weighted by Crippen LogP contribution is -2.27. The standard InChI is InChI=1S/C24H23NO6/c26-20(10-11-21(27)28)22-23(29)18-9-8-17(31-16-4-2-1-3-5-16)14-19(18)25(24(22)30)13-12-15-6-7-15/h1-5,8-9,14-15,29H,6-7,10-13H2,(H,27,28). The van der Waals surface area contributed by atoms with Crippen LogP contribution in [0.1, 0.15) is 42.5 Å². The molecule has 0 spiro atoms. The Morgan fingerprint density at radius 1 is 1.03 bits per heavy atom. The number of Topliss-reactive ketones (excluding diaryl/α,β-unsaturated/α-hetero) is 1. The highest BCUT2D eigenvalue weighted by Gasteiger charge is 2.25. The first-order chi connectivity index (χ1) is 14.9. The number of carboxylic acids is 1. The van der Waals surface area contributed by atoms with E-state index in [4.69, 9.17) is 9.84 Å². The molecule has 1 aliphatic carbocycles. The van der Waals surface area contributed by atoms with Gasteiger partial charge < -0.3 is 19.5 Å². The minimum absolute atomic E-state index is 0.346. The number of aliphatic carboxylic acids is 1. The van der Waals surface area contributed by atoms with Gasteiger partial charge in [0.05, 0.1) is 11.9 Å². The van der Waals surface area contributed by atoms with Crippen molar-refractivity contribution >= 4 is 22.7 Å². The number of carboxylic acid groups (broad SMARTS) is 1. The average molecular weight is 421 g/mol. The average Bonchev–Trinajstić information content (AvgIpc) is 3.57. The van der Waals surface area contributed by atoms with Gasteiger partial charge in [0.15, 0.2) is 5.78 Å². The number of hydrogen-bond acceptors (Lipinski definition) is 5. The summed E-state index contributed by atoms with van der Waals surface area (Å²) >= 11 is 0. The number of fused-ring (bicyclic) bond motifs is 1. The van der Waals surface area contributed by atoms with Crippen LogP contribution >= 0.6 is 0 Å². The molecule has 0 atom stereocenters. The molecule has 1 heterocycles. The lowest BCUT2D eigenvalue weighted by Gasteiger charge is -2.16. The summed E-state index contributed by atoms with van der Waals surface area (Å²) in [6, 6.07) is 14.2. The lowest BCUT2D eigenvalue weighted by atomic mass is 10.0. The predicted octanol–water partition coefficient (Wildman–Crippen LogP) is 4.35. The van der Waals surface area contributed by atoms with Crippen molar-refractivity contribution < 1.29 is 24.5 Å².